The smallest absolute Gasteiger partial charge is 0.414 e. The van der Waals surface area contributed by atoms with E-state index in [2.05, 4.69) is 10.5 Å². The van der Waals surface area contributed by atoms with Gasteiger partial charge in [-0.25, -0.2) is 4.79 Å². The second-order valence-electron chi connectivity index (χ2n) is 8.91. The first kappa shape index (κ1) is 26.5. The molecule has 0 saturated carbocycles. The number of amides is 1. The molecular weight excluding hydrogens is 484 g/mol. The van der Waals surface area contributed by atoms with Crippen LogP contribution in [-0.2, 0) is 16.1 Å². The van der Waals surface area contributed by atoms with Gasteiger partial charge in [0, 0.05) is 0 Å². The third-order valence-electron chi connectivity index (χ3n) is 6.25. The van der Waals surface area contributed by atoms with Crippen molar-refractivity contribution >= 4 is 17.9 Å². The van der Waals surface area contributed by atoms with Gasteiger partial charge in [0.1, 0.15) is 18.5 Å². The minimum atomic E-state index is -0.850. The number of rotatable bonds is 10. The molecule has 3 aromatic carbocycles. The topological polar surface area (TPSA) is 111 Å². The number of anilines is 1. The van der Waals surface area contributed by atoms with Crippen LogP contribution in [0.25, 0.3) is 11.1 Å². The van der Waals surface area contributed by atoms with E-state index >= 15 is 0 Å². The highest BCUT2D eigenvalue weighted by atomic mass is 16.6. The fraction of sp³-hybridized carbons (Fsp3) is 0.233. The first-order valence-corrected chi connectivity index (χ1v) is 12.4. The lowest BCUT2D eigenvalue weighted by molar-refractivity contribution is -0.138. The van der Waals surface area contributed by atoms with Crippen LogP contribution in [0.3, 0.4) is 0 Å². The summed E-state index contributed by atoms with van der Waals surface area (Å²) in [6, 6.07) is 24.3. The molecule has 38 heavy (non-hydrogen) atoms. The van der Waals surface area contributed by atoms with Crippen molar-refractivity contribution in [2.24, 2.45) is 0 Å². The molecular formula is C30H30N2O6. The number of hydrogen-bond donors (Lipinski definition) is 2. The SMILES string of the molecule is CCC(C(=O)O)c1cccc(OCc2ccc(-c3c(C)noc3NC(=O)OC(C)c3ccccc3)cc2)c1. The monoisotopic (exact) mass is 514 g/mol. The van der Waals surface area contributed by atoms with E-state index in [0.29, 0.717) is 35.6 Å². The molecule has 1 aromatic heterocycles. The lowest BCUT2D eigenvalue weighted by Crippen LogP contribution is -2.16. The molecule has 0 saturated heterocycles. The second-order valence-corrected chi connectivity index (χ2v) is 8.91. The van der Waals surface area contributed by atoms with E-state index in [-0.39, 0.29) is 5.88 Å². The number of carbonyl (C=O) groups is 2. The van der Waals surface area contributed by atoms with Crippen LogP contribution in [0, 0.1) is 6.92 Å². The van der Waals surface area contributed by atoms with Gasteiger partial charge in [0.05, 0.1) is 17.2 Å². The molecule has 196 valence electrons. The number of aliphatic carboxylic acids is 1. The highest BCUT2D eigenvalue weighted by molar-refractivity contribution is 5.89. The third-order valence-corrected chi connectivity index (χ3v) is 6.25. The van der Waals surface area contributed by atoms with Crippen molar-refractivity contribution in [3.8, 4) is 16.9 Å². The van der Waals surface area contributed by atoms with E-state index in [4.69, 9.17) is 14.0 Å². The number of aromatic nitrogens is 1. The van der Waals surface area contributed by atoms with Crippen LogP contribution < -0.4 is 10.1 Å². The predicted molar refractivity (Wildman–Crippen MR) is 143 cm³/mol. The first-order chi connectivity index (χ1) is 18.4. The van der Waals surface area contributed by atoms with Crippen LogP contribution >= 0.6 is 0 Å². The van der Waals surface area contributed by atoms with Crippen molar-refractivity contribution < 1.29 is 28.7 Å². The van der Waals surface area contributed by atoms with E-state index < -0.39 is 24.1 Å². The number of ether oxygens (including phenoxy) is 2. The minimum Gasteiger partial charge on any atom is -0.489 e. The fourth-order valence-corrected chi connectivity index (χ4v) is 4.18. The van der Waals surface area contributed by atoms with Crippen LogP contribution in [0.15, 0.2) is 83.4 Å². The lowest BCUT2D eigenvalue weighted by Gasteiger charge is -2.14. The summed E-state index contributed by atoms with van der Waals surface area (Å²) in [6.45, 7) is 5.75. The molecule has 4 rings (SSSR count). The fourth-order valence-electron chi connectivity index (χ4n) is 4.18. The van der Waals surface area contributed by atoms with E-state index in [1.807, 2.05) is 67.6 Å². The maximum absolute atomic E-state index is 12.5. The Bertz CT molecular complexity index is 1380. The largest absolute Gasteiger partial charge is 0.489 e. The van der Waals surface area contributed by atoms with Gasteiger partial charge in [-0.15, -0.1) is 0 Å². The maximum atomic E-state index is 12.5. The molecule has 0 spiro atoms. The van der Waals surface area contributed by atoms with Crippen molar-refractivity contribution in [1.29, 1.82) is 0 Å². The van der Waals surface area contributed by atoms with Crippen molar-refractivity contribution in [2.45, 2.75) is 45.8 Å². The molecule has 2 unspecified atom stereocenters. The van der Waals surface area contributed by atoms with E-state index in [1.54, 1.807) is 32.0 Å². The van der Waals surface area contributed by atoms with Crippen molar-refractivity contribution in [3.05, 3.63) is 101 Å². The predicted octanol–water partition coefficient (Wildman–Crippen LogP) is 7.12. The number of carboxylic acid groups (broad SMARTS) is 1. The van der Waals surface area contributed by atoms with Crippen LogP contribution in [0.1, 0.15) is 54.7 Å². The summed E-state index contributed by atoms with van der Waals surface area (Å²) in [6.07, 6.45) is -0.566. The van der Waals surface area contributed by atoms with Crippen molar-refractivity contribution in [3.63, 3.8) is 0 Å². The molecule has 1 heterocycles. The summed E-state index contributed by atoms with van der Waals surface area (Å²) >= 11 is 0. The number of hydrogen-bond acceptors (Lipinski definition) is 6. The van der Waals surface area contributed by atoms with Gasteiger partial charge >= 0.3 is 12.1 Å². The summed E-state index contributed by atoms with van der Waals surface area (Å²) in [5.41, 5.74) is 4.62. The molecule has 0 aliphatic rings. The van der Waals surface area contributed by atoms with Gasteiger partial charge < -0.3 is 19.1 Å². The Morgan fingerprint density at radius 2 is 1.71 bits per heavy atom. The minimum absolute atomic E-state index is 0.206. The summed E-state index contributed by atoms with van der Waals surface area (Å²) in [5.74, 6) is -0.600. The zero-order valence-corrected chi connectivity index (χ0v) is 21.5. The average molecular weight is 515 g/mol. The highest BCUT2D eigenvalue weighted by Crippen LogP contribution is 2.32. The molecule has 8 nitrogen and oxygen atoms in total. The number of nitrogens with one attached hydrogen (secondary N) is 1. The Hall–Kier alpha value is -4.59. The molecule has 1 amide bonds. The van der Waals surface area contributed by atoms with E-state index in [9.17, 15) is 14.7 Å². The number of nitrogens with zero attached hydrogens (tertiary/aromatic N) is 1. The average Bonchev–Trinajstić information content (AvgIpc) is 3.28. The Morgan fingerprint density at radius 1 is 1.00 bits per heavy atom. The number of benzene rings is 3. The summed E-state index contributed by atoms with van der Waals surface area (Å²) in [7, 11) is 0. The van der Waals surface area contributed by atoms with Crippen LogP contribution in [0.4, 0.5) is 10.7 Å². The molecule has 0 fully saturated rings. The Morgan fingerprint density at radius 3 is 2.39 bits per heavy atom. The van der Waals surface area contributed by atoms with Gasteiger partial charge in [-0.3, -0.25) is 10.1 Å². The molecule has 2 N–H and O–H groups in total. The van der Waals surface area contributed by atoms with E-state index in [0.717, 1.165) is 16.7 Å². The lowest BCUT2D eigenvalue weighted by atomic mass is 9.96. The van der Waals surface area contributed by atoms with Crippen LogP contribution in [0.5, 0.6) is 5.75 Å². The number of aryl methyl sites for hydroxylation is 1. The Balaban J connectivity index is 1.40. The standard InChI is InChI=1S/C30H30N2O6/c1-4-26(29(33)34)24-11-8-12-25(17-24)36-18-21-13-15-23(16-14-21)27-19(2)32-38-28(27)31-30(35)37-20(3)22-9-6-5-7-10-22/h5-17,20,26H,4,18H2,1-3H3,(H,31,35)(H,33,34). The highest BCUT2D eigenvalue weighted by Gasteiger charge is 2.20. The summed E-state index contributed by atoms with van der Waals surface area (Å²) in [5, 5.41) is 16.1. The third kappa shape index (κ3) is 6.39. The molecule has 4 aromatic rings. The molecule has 0 aliphatic heterocycles. The van der Waals surface area contributed by atoms with Gasteiger partial charge in [-0.05, 0) is 54.7 Å². The summed E-state index contributed by atoms with van der Waals surface area (Å²) < 4.78 is 16.8. The van der Waals surface area contributed by atoms with Crippen molar-refractivity contribution in [1.82, 2.24) is 5.16 Å². The van der Waals surface area contributed by atoms with Gasteiger partial charge in [0.15, 0.2) is 0 Å². The van der Waals surface area contributed by atoms with Gasteiger partial charge in [0.2, 0.25) is 5.88 Å². The van der Waals surface area contributed by atoms with Crippen LogP contribution in [0.2, 0.25) is 0 Å². The Labute approximate surface area is 221 Å². The van der Waals surface area contributed by atoms with Crippen molar-refractivity contribution in [2.75, 3.05) is 5.32 Å². The van der Waals surface area contributed by atoms with Gasteiger partial charge in [-0.2, -0.15) is 0 Å². The number of carboxylic acids is 1. The van der Waals surface area contributed by atoms with Gasteiger partial charge in [-0.1, -0.05) is 78.8 Å². The normalized spacial score (nSPS) is 12.4. The molecule has 0 radical (unpaired) electrons. The Kier molecular flexibility index (Phi) is 8.43. The summed E-state index contributed by atoms with van der Waals surface area (Å²) in [4.78, 5) is 24.0. The van der Waals surface area contributed by atoms with Crippen LogP contribution in [-0.4, -0.2) is 22.3 Å². The molecule has 8 heteroatoms. The molecule has 0 aliphatic carbocycles. The maximum Gasteiger partial charge on any atom is 0.414 e. The number of carbonyl (C=O) groups excluding carboxylic acids is 1. The first-order valence-electron chi connectivity index (χ1n) is 12.4. The second kappa shape index (κ2) is 12.1. The van der Waals surface area contributed by atoms with Gasteiger partial charge in [0.25, 0.3) is 0 Å². The molecule has 0 bridgehead atoms. The molecule has 2 atom stereocenters. The zero-order chi connectivity index (χ0) is 27.1. The quantitative estimate of drug-likeness (QED) is 0.232. The zero-order valence-electron chi connectivity index (χ0n) is 21.5. The van der Waals surface area contributed by atoms with E-state index in [1.165, 1.54) is 0 Å².